The molecular weight excluding hydrogens is 1160 g/mol. The largest absolute Gasteiger partial charge is 0.481 e. The van der Waals surface area contributed by atoms with Gasteiger partial charge in [-0.15, -0.1) is 0 Å². The molecular formula is C56H92N14O18. The van der Waals surface area contributed by atoms with Crippen molar-refractivity contribution in [1.82, 2.24) is 63.0 Å². The third kappa shape index (κ3) is 22.9. The van der Waals surface area contributed by atoms with Crippen molar-refractivity contribution >= 4 is 88.8 Å². The van der Waals surface area contributed by atoms with E-state index in [0.29, 0.717) is 32.2 Å². The quantitative estimate of drug-likeness (QED) is 0.0265. The highest BCUT2D eigenvalue weighted by atomic mass is 16.4. The Morgan fingerprint density at radius 2 is 0.932 bits per heavy atom. The van der Waals surface area contributed by atoms with Gasteiger partial charge in [-0.2, -0.15) is 0 Å². The van der Waals surface area contributed by atoms with Crippen LogP contribution in [0.5, 0.6) is 0 Å². The lowest BCUT2D eigenvalue weighted by Gasteiger charge is -2.34. The molecule has 17 N–H and O–H groups in total. The number of rotatable bonds is 36. The molecule has 3 aliphatic heterocycles. The van der Waals surface area contributed by atoms with Gasteiger partial charge in [-0.1, -0.05) is 41.5 Å². The Balaban J connectivity index is 1.76. The van der Waals surface area contributed by atoms with Gasteiger partial charge >= 0.3 is 17.9 Å². The molecule has 3 fully saturated rings. The Morgan fingerprint density at radius 1 is 0.466 bits per heavy atom. The molecule has 0 aromatic rings. The highest BCUT2D eigenvalue weighted by Crippen LogP contribution is 2.24. The maximum absolute atomic E-state index is 14.5. The summed E-state index contributed by atoms with van der Waals surface area (Å²) in [5.74, 6) is -15.8. The number of amides is 12. The molecule has 3 heterocycles. The van der Waals surface area contributed by atoms with Gasteiger partial charge in [0.15, 0.2) is 0 Å². The second-order valence-electron chi connectivity index (χ2n) is 23.6. The van der Waals surface area contributed by atoms with Crippen molar-refractivity contribution in [1.29, 1.82) is 0 Å². The lowest BCUT2D eigenvalue weighted by Crippen LogP contribution is -2.62. The first kappa shape index (κ1) is 74.2. The summed E-state index contributed by atoms with van der Waals surface area (Å²) >= 11 is 0. The molecule has 12 atom stereocenters. The van der Waals surface area contributed by atoms with Gasteiger partial charge in [0.25, 0.3) is 0 Å². The summed E-state index contributed by atoms with van der Waals surface area (Å²) in [4.78, 5) is 201. The molecule has 0 aromatic carbocycles. The number of carbonyl (C=O) groups excluding carboxylic acids is 12. The number of carboxylic acid groups (broad SMARTS) is 3. The minimum absolute atomic E-state index is 0.0337. The lowest BCUT2D eigenvalue weighted by molar-refractivity contribution is -0.147. The predicted octanol–water partition coefficient (Wildman–Crippen LogP) is -4.09. The summed E-state index contributed by atoms with van der Waals surface area (Å²) in [5, 5.41) is 54.0. The number of likely N-dealkylation sites (tertiary alicyclic amines) is 2. The topological polar surface area (TPSA) is 496 Å². The van der Waals surface area contributed by atoms with Crippen LogP contribution in [0, 0.1) is 17.8 Å². The number of carbonyl (C=O) groups is 15. The van der Waals surface area contributed by atoms with Gasteiger partial charge in [-0.05, 0) is 115 Å². The monoisotopic (exact) mass is 1250 g/mol. The van der Waals surface area contributed by atoms with E-state index >= 15 is 0 Å². The van der Waals surface area contributed by atoms with Crippen LogP contribution in [-0.2, 0) is 71.9 Å². The number of nitrogens with two attached hydrogens (primary N) is 2. The Kier molecular flexibility index (Phi) is 30.1. The van der Waals surface area contributed by atoms with Crippen LogP contribution in [0.3, 0.4) is 0 Å². The van der Waals surface area contributed by atoms with Gasteiger partial charge in [0.1, 0.15) is 66.5 Å². The lowest BCUT2D eigenvalue weighted by atomic mass is 9.98. The average molecular weight is 1250 g/mol. The summed E-state index contributed by atoms with van der Waals surface area (Å²) < 4.78 is 0. The van der Waals surface area contributed by atoms with Crippen LogP contribution in [0.15, 0.2) is 0 Å². The molecule has 494 valence electrons. The number of primary amides is 1. The number of nitrogens with one attached hydrogen (secondary N) is 10. The van der Waals surface area contributed by atoms with Gasteiger partial charge in [0.2, 0.25) is 70.9 Å². The number of hydrogen-bond donors (Lipinski definition) is 15. The van der Waals surface area contributed by atoms with E-state index in [1.165, 1.54) is 23.6 Å². The van der Waals surface area contributed by atoms with Crippen molar-refractivity contribution < 1.29 is 87.2 Å². The Hall–Kier alpha value is -8.03. The Morgan fingerprint density at radius 3 is 1.43 bits per heavy atom. The zero-order chi connectivity index (χ0) is 66.3. The van der Waals surface area contributed by atoms with E-state index in [2.05, 4.69) is 47.9 Å². The van der Waals surface area contributed by atoms with Gasteiger partial charge in [-0.3, -0.25) is 67.1 Å². The van der Waals surface area contributed by atoms with E-state index in [9.17, 15) is 82.1 Å². The van der Waals surface area contributed by atoms with Crippen molar-refractivity contribution in [3.8, 4) is 0 Å². The number of aliphatic carboxylic acids is 3. The summed E-state index contributed by atoms with van der Waals surface area (Å²) in [5.41, 5.74) is 11.0. The highest BCUT2D eigenvalue weighted by Gasteiger charge is 2.44. The molecule has 3 rings (SSSR count). The second kappa shape index (κ2) is 35.7. The van der Waals surface area contributed by atoms with Crippen molar-refractivity contribution in [3.05, 3.63) is 0 Å². The Bertz CT molecular complexity index is 2540. The molecule has 0 spiro atoms. The van der Waals surface area contributed by atoms with E-state index < -0.39 is 199 Å². The van der Waals surface area contributed by atoms with Crippen LogP contribution in [0.1, 0.15) is 145 Å². The molecule has 0 bridgehead atoms. The van der Waals surface area contributed by atoms with Crippen LogP contribution in [-0.4, -0.2) is 213 Å². The SMILES string of the molecule is CC(C)[C@H](NC(=O)[C@@H](NC(=O)[C@@H]1CCCN1C(=O)[C@@H](NC(=O)[C@@H]1CCCN1C(=O)[C@H](CCC(=O)O)NC(=O)[C@H](C)NC(=O)[C@H](C)NC(=O)[C@@H]1CCCN1)C(C)C)C(C)C)C(=O)N[C@@H](CCCCN)C(=O)N[C@@H](CCC(N)=O)C(=O)N[C@@H](CC(=O)O)C(=O)O. The van der Waals surface area contributed by atoms with E-state index in [1.807, 2.05) is 5.32 Å². The van der Waals surface area contributed by atoms with Gasteiger partial charge < -0.3 is 89.8 Å². The van der Waals surface area contributed by atoms with Gasteiger partial charge in [-0.25, -0.2) is 4.79 Å². The third-order valence-corrected chi connectivity index (χ3v) is 15.4. The summed E-state index contributed by atoms with van der Waals surface area (Å²) in [7, 11) is 0. The average Bonchev–Trinajstić information content (AvgIpc) is 2.58. The van der Waals surface area contributed by atoms with Gasteiger partial charge in [0, 0.05) is 25.9 Å². The molecule has 3 aliphatic rings. The molecule has 32 heteroatoms. The molecule has 12 amide bonds. The predicted molar refractivity (Wildman–Crippen MR) is 312 cm³/mol. The minimum Gasteiger partial charge on any atom is -0.481 e. The minimum atomic E-state index is -1.91. The summed E-state index contributed by atoms with van der Waals surface area (Å²) in [6.07, 6.45) is 0.117. The zero-order valence-corrected chi connectivity index (χ0v) is 51.4. The fourth-order valence-electron chi connectivity index (χ4n) is 10.3. The molecule has 0 aromatic heterocycles. The van der Waals surface area contributed by atoms with E-state index in [0.717, 1.165) is 6.42 Å². The summed E-state index contributed by atoms with van der Waals surface area (Å²) in [6.45, 7) is 13.5. The molecule has 0 aliphatic carbocycles. The maximum Gasteiger partial charge on any atom is 0.326 e. The third-order valence-electron chi connectivity index (χ3n) is 15.4. The first-order valence-corrected chi connectivity index (χ1v) is 30.0. The molecule has 0 unspecified atom stereocenters. The molecule has 32 nitrogen and oxygen atoms in total. The van der Waals surface area contributed by atoms with Crippen molar-refractivity contribution in [2.24, 2.45) is 29.2 Å². The molecule has 3 saturated heterocycles. The van der Waals surface area contributed by atoms with E-state index in [-0.39, 0.29) is 57.6 Å². The number of nitrogens with zero attached hydrogens (tertiary/aromatic N) is 2. The molecule has 0 saturated carbocycles. The number of hydrogen-bond acceptors (Lipinski definition) is 17. The van der Waals surface area contributed by atoms with Crippen LogP contribution in [0.25, 0.3) is 0 Å². The first-order valence-electron chi connectivity index (χ1n) is 30.0. The standard InChI is InChI=1S/C56H92N14O18/c1-27(2)42(52(83)63-33(14-9-10-22-57)48(79)62-34(18-20-39(58)71)49(80)65-36(56(87)88)26-41(74)75)67-53(84)43(28(3)4)66-50(81)38-17-13-25-70(38)55(86)44(29(5)6)68-51(82)37-16-12-24-69(37)54(85)35(19-21-40(72)73)64-46(77)31(8)60-45(76)30(7)61-47(78)32-15-11-23-59-32/h27-38,42-44,59H,9-26,57H2,1-8H3,(H2,58,71)(H,60,76)(H,61,78)(H,62,79)(H,63,83)(H,64,77)(H,65,80)(H,66,81)(H,67,84)(H,68,82)(H,72,73)(H,74,75)(H,87,88)/t30-,31-,32-,33-,34-,35-,36-,37-,38-,42-,43-,44-/m0/s1. The normalized spacial score (nSPS) is 19.5. The highest BCUT2D eigenvalue weighted by molar-refractivity contribution is 6.00. The number of carboxylic acids is 3. The maximum atomic E-state index is 14.5. The Labute approximate surface area is 510 Å². The zero-order valence-electron chi connectivity index (χ0n) is 51.4. The van der Waals surface area contributed by atoms with Crippen molar-refractivity contribution in [2.75, 3.05) is 26.2 Å². The van der Waals surface area contributed by atoms with E-state index in [4.69, 9.17) is 16.6 Å². The molecule has 0 radical (unpaired) electrons. The van der Waals surface area contributed by atoms with E-state index in [1.54, 1.807) is 41.5 Å². The fraction of sp³-hybridized carbons (Fsp3) is 0.732. The van der Waals surface area contributed by atoms with Crippen LogP contribution >= 0.6 is 0 Å². The second-order valence-corrected chi connectivity index (χ2v) is 23.6. The van der Waals surface area contributed by atoms with Crippen LogP contribution < -0.4 is 64.6 Å². The smallest absolute Gasteiger partial charge is 0.326 e. The first-order chi connectivity index (χ1) is 41.3. The number of unbranched alkanes of at least 4 members (excludes halogenated alkanes) is 1. The van der Waals surface area contributed by atoms with Crippen LogP contribution in [0.4, 0.5) is 0 Å². The van der Waals surface area contributed by atoms with Crippen LogP contribution in [0.2, 0.25) is 0 Å². The van der Waals surface area contributed by atoms with Gasteiger partial charge in [0.05, 0.1) is 12.5 Å². The van der Waals surface area contributed by atoms with Crippen molar-refractivity contribution in [2.45, 2.75) is 218 Å². The van der Waals surface area contributed by atoms with Crippen molar-refractivity contribution in [3.63, 3.8) is 0 Å². The molecule has 88 heavy (non-hydrogen) atoms. The summed E-state index contributed by atoms with van der Waals surface area (Å²) in [6, 6.07) is -15.3. The fourth-order valence-corrected chi connectivity index (χ4v) is 10.3.